The average molecular weight is 292 g/mol. The van der Waals surface area contributed by atoms with Crippen molar-refractivity contribution in [2.45, 2.75) is 19.4 Å². The van der Waals surface area contributed by atoms with E-state index in [9.17, 15) is 5.11 Å². The van der Waals surface area contributed by atoms with Gasteiger partial charge in [-0.1, -0.05) is 25.1 Å². The summed E-state index contributed by atoms with van der Waals surface area (Å²) in [5.41, 5.74) is 0. The van der Waals surface area contributed by atoms with Crippen molar-refractivity contribution in [3.05, 3.63) is 30.3 Å². The molecule has 1 aromatic rings. The van der Waals surface area contributed by atoms with Crippen molar-refractivity contribution in [3.63, 3.8) is 0 Å². The van der Waals surface area contributed by atoms with E-state index in [0.29, 0.717) is 13.2 Å². The fourth-order valence-corrected chi connectivity index (χ4v) is 2.86. The Morgan fingerprint density at radius 1 is 1.38 bits per heavy atom. The first-order valence-electron chi connectivity index (χ1n) is 7.94. The second-order valence-corrected chi connectivity index (χ2v) is 6.05. The Morgan fingerprint density at radius 3 is 2.86 bits per heavy atom. The molecule has 1 fully saturated rings. The van der Waals surface area contributed by atoms with Gasteiger partial charge in [0.05, 0.1) is 0 Å². The molecule has 4 nitrogen and oxygen atoms in total. The summed E-state index contributed by atoms with van der Waals surface area (Å²) in [5, 5.41) is 10.1. The second kappa shape index (κ2) is 8.37. The molecule has 1 heterocycles. The second-order valence-electron chi connectivity index (χ2n) is 6.05. The summed E-state index contributed by atoms with van der Waals surface area (Å²) >= 11 is 0. The van der Waals surface area contributed by atoms with Crippen LogP contribution in [0.15, 0.2) is 30.3 Å². The lowest BCUT2D eigenvalue weighted by atomic mass is 10.1. The molecule has 2 unspecified atom stereocenters. The highest BCUT2D eigenvalue weighted by Gasteiger charge is 2.24. The molecule has 2 atom stereocenters. The third-order valence-electron chi connectivity index (χ3n) is 4.13. The number of nitrogens with zero attached hydrogens (tertiary/aromatic N) is 2. The van der Waals surface area contributed by atoms with Gasteiger partial charge in [0, 0.05) is 19.6 Å². The van der Waals surface area contributed by atoms with Gasteiger partial charge in [-0.2, -0.15) is 0 Å². The van der Waals surface area contributed by atoms with Crippen molar-refractivity contribution < 1.29 is 9.84 Å². The highest BCUT2D eigenvalue weighted by Crippen LogP contribution is 2.17. The number of β-amino-alcohol motifs (C(OH)–C–C–N with tert-alkyl or cyclic N) is 1. The minimum atomic E-state index is -0.423. The van der Waals surface area contributed by atoms with Crippen LogP contribution in [-0.4, -0.2) is 67.4 Å². The SMILES string of the molecule is CCN(C)CC1CCN(CC(O)COc2ccccc2)C1. The van der Waals surface area contributed by atoms with Crippen molar-refractivity contribution in [3.8, 4) is 5.75 Å². The maximum Gasteiger partial charge on any atom is 0.119 e. The van der Waals surface area contributed by atoms with Crippen LogP contribution >= 0.6 is 0 Å². The first-order valence-corrected chi connectivity index (χ1v) is 7.94. The Balaban J connectivity index is 1.65. The zero-order valence-electron chi connectivity index (χ0n) is 13.2. The van der Waals surface area contributed by atoms with Gasteiger partial charge >= 0.3 is 0 Å². The quantitative estimate of drug-likeness (QED) is 0.791. The maximum absolute atomic E-state index is 10.1. The summed E-state index contributed by atoms with van der Waals surface area (Å²) < 4.78 is 5.60. The molecule has 0 bridgehead atoms. The van der Waals surface area contributed by atoms with Crippen LogP contribution in [0.4, 0.5) is 0 Å². The van der Waals surface area contributed by atoms with Crippen molar-refractivity contribution >= 4 is 0 Å². The third kappa shape index (κ3) is 5.65. The molecule has 1 aromatic carbocycles. The Bertz CT molecular complexity index is 399. The number of benzene rings is 1. The lowest BCUT2D eigenvalue weighted by molar-refractivity contribution is 0.0742. The number of aliphatic hydroxyl groups excluding tert-OH is 1. The van der Waals surface area contributed by atoms with Crippen LogP contribution in [0.2, 0.25) is 0 Å². The van der Waals surface area contributed by atoms with Crippen LogP contribution in [0.1, 0.15) is 13.3 Å². The fourth-order valence-electron chi connectivity index (χ4n) is 2.86. The molecule has 1 N–H and O–H groups in total. The Kier molecular flexibility index (Phi) is 6.49. The van der Waals surface area contributed by atoms with E-state index in [1.807, 2.05) is 30.3 Å². The van der Waals surface area contributed by atoms with Gasteiger partial charge in [0.15, 0.2) is 0 Å². The fraction of sp³-hybridized carbons (Fsp3) is 0.647. The van der Waals surface area contributed by atoms with E-state index in [1.54, 1.807) is 0 Å². The van der Waals surface area contributed by atoms with E-state index in [0.717, 1.165) is 37.8 Å². The maximum atomic E-state index is 10.1. The Hall–Kier alpha value is -1.10. The lowest BCUT2D eigenvalue weighted by Crippen LogP contribution is -2.35. The molecule has 0 radical (unpaired) electrons. The first kappa shape index (κ1) is 16.3. The largest absolute Gasteiger partial charge is 0.491 e. The number of hydrogen-bond acceptors (Lipinski definition) is 4. The number of hydrogen-bond donors (Lipinski definition) is 1. The smallest absolute Gasteiger partial charge is 0.119 e. The Labute approximate surface area is 128 Å². The molecule has 4 heteroatoms. The molecule has 0 aromatic heterocycles. The molecule has 2 rings (SSSR count). The van der Waals surface area contributed by atoms with Crippen molar-refractivity contribution in [1.82, 2.24) is 9.80 Å². The van der Waals surface area contributed by atoms with Gasteiger partial charge in [-0.15, -0.1) is 0 Å². The minimum Gasteiger partial charge on any atom is -0.491 e. The van der Waals surface area contributed by atoms with E-state index >= 15 is 0 Å². The molecule has 0 aliphatic carbocycles. The average Bonchev–Trinajstić information content (AvgIpc) is 2.93. The monoisotopic (exact) mass is 292 g/mol. The third-order valence-corrected chi connectivity index (χ3v) is 4.13. The molecule has 1 aliphatic heterocycles. The lowest BCUT2D eigenvalue weighted by Gasteiger charge is -2.22. The molecule has 1 aliphatic rings. The highest BCUT2D eigenvalue weighted by atomic mass is 16.5. The van der Waals surface area contributed by atoms with Gasteiger partial charge in [-0.05, 0) is 44.6 Å². The van der Waals surface area contributed by atoms with Crippen LogP contribution in [0.3, 0.4) is 0 Å². The number of aliphatic hydroxyl groups is 1. The van der Waals surface area contributed by atoms with Crippen molar-refractivity contribution in [2.75, 3.05) is 46.4 Å². The summed E-state index contributed by atoms with van der Waals surface area (Å²) in [5.74, 6) is 1.55. The molecular formula is C17H28N2O2. The normalized spacial score (nSPS) is 20.9. The standard InChI is InChI=1S/C17H28N2O2/c1-3-18(2)11-15-9-10-19(12-15)13-16(20)14-21-17-7-5-4-6-8-17/h4-8,15-16,20H,3,9-14H2,1-2H3. The topological polar surface area (TPSA) is 35.9 Å². The number of para-hydroxylation sites is 1. The summed E-state index contributed by atoms with van der Waals surface area (Å²) in [6.45, 7) is 7.70. The zero-order chi connectivity index (χ0) is 15.1. The molecule has 21 heavy (non-hydrogen) atoms. The van der Waals surface area contributed by atoms with Crippen LogP contribution in [0.5, 0.6) is 5.75 Å². The van der Waals surface area contributed by atoms with E-state index in [4.69, 9.17) is 4.74 Å². The van der Waals surface area contributed by atoms with E-state index in [-0.39, 0.29) is 0 Å². The van der Waals surface area contributed by atoms with E-state index in [2.05, 4.69) is 23.8 Å². The van der Waals surface area contributed by atoms with E-state index < -0.39 is 6.10 Å². The van der Waals surface area contributed by atoms with Gasteiger partial charge in [0.1, 0.15) is 18.5 Å². The number of likely N-dealkylation sites (tertiary alicyclic amines) is 1. The van der Waals surface area contributed by atoms with Crippen molar-refractivity contribution in [1.29, 1.82) is 0 Å². The number of rotatable bonds is 8. The summed E-state index contributed by atoms with van der Waals surface area (Å²) in [4.78, 5) is 4.72. The van der Waals surface area contributed by atoms with Crippen LogP contribution < -0.4 is 4.74 Å². The molecular weight excluding hydrogens is 264 g/mol. The van der Waals surface area contributed by atoms with Gasteiger partial charge < -0.3 is 19.6 Å². The molecule has 0 saturated carbocycles. The van der Waals surface area contributed by atoms with Gasteiger partial charge in [0.2, 0.25) is 0 Å². The summed E-state index contributed by atoms with van der Waals surface area (Å²) in [7, 11) is 2.17. The van der Waals surface area contributed by atoms with Crippen LogP contribution in [0, 0.1) is 5.92 Å². The summed E-state index contributed by atoms with van der Waals surface area (Å²) in [6.07, 6.45) is 0.809. The van der Waals surface area contributed by atoms with Crippen LogP contribution in [-0.2, 0) is 0 Å². The number of ether oxygens (including phenoxy) is 1. The molecule has 1 saturated heterocycles. The van der Waals surface area contributed by atoms with Gasteiger partial charge in [-0.25, -0.2) is 0 Å². The highest BCUT2D eigenvalue weighted by molar-refractivity contribution is 5.20. The van der Waals surface area contributed by atoms with Crippen molar-refractivity contribution in [2.24, 2.45) is 5.92 Å². The molecule has 0 amide bonds. The summed E-state index contributed by atoms with van der Waals surface area (Å²) in [6, 6.07) is 9.67. The predicted molar refractivity (Wildman–Crippen MR) is 85.7 cm³/mol. The molecule has 118 valence electrons. The van der Waals surface area contributed by atoms with Gasteiger partial charge in [0.25, 0.3) is 0 Å². The predicted octanol–water partition coefficient (Wildman–Crippen LogP) is 1.70. The molecule has 0 spiro atoms. The Morgan fingerprint density at radius 2 is 2.14 bits per heavy atom. The minimum absolute atomic E-state index is 0.361. The zero-order valence-corrected chi connectivity index (χ0v) is 13.2. The first-order chi connectivity index (χ1) is 10.2. The van der Waals surface area contributed by atoms with E-state index in [1.165, 1.54) is 6.42 Å². The van der Waals surface area contributed by atoms with Gasteiger partial charge in [-0.3, -0.25) is 0 Å². The van der Waals surface area contributed by atoms with Crippen LogP contribution in [0.25, 0.3) is 0 Å².